The van der Waals surface area contributed by atoms with Gasteiger partial charge in [0.25, 0.3) is 0 Å². The van der Waals surface area contributed by atoms with Crippen molar-refractivity contribution in [1.29, 1.82) is 0 Å². The van der Waals surface area contributed by atoms with E-state index >= 15 is 0 Å². The van der Waals surface area contributed by atoms with E-state index in [1.165, 1.54) is 0 Å². The summed E-state index contributed by atoms with van der Waals surface area (Å²) in [6.45, 7) is 0.247. The Kier molecular flexibility index (Phi) is 4.74. The highest BCUT2D eigenvalue weighted by Crippen LogP contribution is 2.32. The van der Waals surface area contributed by atoms with E-state index in [9.17, 15) is 4.79 Å². The van der Waals surface area contributed by atoms with E-state index in [1.54, 1.807) is 32.4 Å². The number of hydrogen-bond acceptors (Lipinski definition) is 5. The van der Waals surface area contributed by atoms with Crippen LogP contribution in [0.2, 0.25) is 0 Å². The second kappa shape index (κ2) is 7.12. The summed E-state index contributed by atoms with van der Waals surface area (Å²) in [4.78, 5) is 12.2. The van der Waals surface area contributed by atoms with Crippen molar-refractivity contribution >= 4 is 11.6 Å². The monoisotopic (exact) mass is 329 g/mol. The maximum atomic E-state index is 12.2. The van der Waals surface area contributed by atoms with Crippen LogP contribution in [0, 0.1) is 0 Å². The number of ether oxygens (including phenoxy) is 4. The summed E-state index contributed by atoms with van der Waals surface area (Å²) in [7, 11) is 3.14. The molecular formula is C18H19NO5. The number of carbonyl (C=O) groups is 1. The fraction of sp³-hybridized carbons (Fsp3) is 0.278. The molecule has 1 aliphatic rings. The molecule has 1 aliphatic heterocycles. The van der Waals surface area contributed by atoms with E-state index in [4.69, 9.17) is 18.9 Å². The molecule has 126 valence electrons. The molecule has 0 spiro atoms. The lowest BCUT2D eigenvalue weighted by atomic mass is 10.1. The summed E-state index contributed by atoms with van der Waals surface area (Å²) in [5.41, 5.74) is 1.67. The number of carbonyl (C=O) groups excluding carboxylic acids is 1. The molecule has 1 amide bonds. The smallest absolute Gasteiger partial charge is 0.231 e. The molecule has 0 fully saturated rings. The van der Waals surface area contributed by atoms with E-state index in [1.807, 2.05) is 18.2 Å². The average molecular weight is 329 g/mol. The number of amides is 1. The first-order valence-corrected chi connectivity index (χ1v) is 7.59. The minimum absolute atomic E-state index is 0.0806. The van der Waals surface area contributed by atoms with Crippen LogP contribution in [-0.2, 0) is 11.2 Å². The minimum atomic E-state index is -0.0806. The maximum absolute atomic E-state index is 12.2. The van der Waals surface area contributed by atoms with Crippen LogP contribution in [0.3, 0.4) is 0 Å². The number of hydrogen-bond donors (Lipinski definition) is 1. The number of nitrogens with one attached hydrogen (secondary N) is 1. The van der Waals surface area contributed by atoms with Crippen molar-refractivity contribution in [3.05, 3.63) is 42.0 Å². The zero-order chi connectivity index (χ0) is 16.9. The standard InChI is InChI=1S/C18H19NO5/c1-21-14-8-13(9-15(10-14)22-2)19-18(20)6-4-12-3-5-16-17(7-12)24-11-23-16/h3,5,7-10H,4,6,11H2,1-2H3,(H,19,20). The Morgan fingerprint density at radius 3 is 2.46 bits per heavy atom. The highest BCUT2D eigenvalue weighted by molar-refractivity contribution is 5.91. The van der Waals surface area contributed by atoms with Gasteiger partial charge in [-0.05, 0) is 24.1 Å². The van der Waals surface area contributed by atoms with E-state index in [0.717, 1.165) is 17.1 Å². The van der Waals surface area contributed by atoms with Gasteiger partial charge in [-0.1, -0.05) is 6.07 Å². The number of methoxy groups -OCH3 is 2. The predicted octanol–water partition coefficient (Wildman–Crippen LogP) is 3.00. The Bertz CT molecular complexity index is 722. The second-order valence-electron chi connectivity index (χ2n) is 5.34. The Morgan fingerprint density at radius 1 is 1.04 bits per heavy atom. The van der Waals surface area contributed by atoms with E-state index in [0.29, 0.717) is 30.0 Å². The molecule has 3 rings (SSSR count). The SMILES string of the molecule is COc1cc(NC(=O)CCc2ccc3c(c2)OCO3)cc(OC)c1. The molecule has 0 saturated carbocycles. The van der Waals surface area contributed by atoms with Crippen molar-refractivity contribution in [2.24, 2.45) is 0 Å². The summed E-state index contributed by atoms with van der Waals surface area (Å²) in [5.74, 6) is 2.64. The van der Waals surface area contributed by atoms with Crippen LogP contribution < -0.4 is 24.3 Å². The van der Waals surface area contributed by atoms with E-state index in [2.05, 4.69) is 5.32 Å². The van der Waals surface area contributed by atoms with Gasteiger partial charge in [0, 0.05) is 30.3 Å². The lowest BCUT2D eigenvalue weighted by Gasteiger charge is -2.10. The van der Waals surface area contributed by atoms with Crippen LogP contribution in [0.5, 0.6) is 23.0 Å². The molecule has 0 saturated heterocycles. The van der Waals surface area contributed by atoms with E-state index in [-0.39, 0.29) is 12.7 Å². The number of anilines is 1. The first-order chi connectivity index (χ1) is 11.7. The van der Waals surface area contributed by atoms with Gasteiger partial charge in [-0.3, -0.25) is 4.79 Å². The van der Waals surface area contributed by atoms with Crippen molar-refractivity contribution < 1.29 is 23.7 Å². The zero-order valence-corrected chi connectivity index (χ0v) is 13.6. The van der Waals surface area contributed by atoms with Gasteiger partial charge in [-0.2, -0.15) is 0 Å². The number of aryl methyl sites for hydroxylation is 1. The van der Waals surface area contributed by atoms with Crippen molar-refractivity contribution in [3.8, 4) is 23.0 Å². The topological polar surface area (TPSA) is 66.0 Å². The summed E-state index contributed by atoms with van der Waals surface area (Å²) >= 11 is 0. The van der Waals surface area contributed by atoms with Crippen LogP contribution >= 0.6 is 0 Å². The van der Waals surface area contributed by atoms with Gasteiger partial charge in [0.1, 0.15) is 11.5 Å². The van der Waals surface area contributed by atoms with E-state index < -0.39 is 0 Å². The molecule has 1 N–H and O–H groups in total. The van der Waals surface area contributed by atoms with Crippen molar-refractivity contribution in [3.63, 3.8) is 0 Å². The summed E-state index contributed by atoms with van der Waals surface area (Å²) in [6, 6.07) is 11.0. The number of rotatable bonds is 6. The molecule has 6 heteroatoms. The van der Waals surface area contributed by atoms with Crippen LogP contribution in [0.1, 0.15) is 12.0 Å². The summed E-state index contributed by atoms with van der Waals surface area (Å²) in [5, 5.41) is 2.86. The Labute approximate surface area is 140 Å². The molecule has 24 heavy (non-hydrogen) atoms. The lowest BCUT2D eigenvalue weighted by molar-refractivity contribution is -0.116. The third-order valence-corrected chi connectivity index (χ3v) is 3.71. The van der Waals surface area contributed by atoms with Gasteiger partial charge < -0.3 is 24.3 Å². The fourth-order valence-corrected chi connectivity index (χ4v) is 2.46. The van der Waals surface area contributed by atoms with Crippen LogP contribution in [-0.4, -0.2) is 26.9 Å². The molecule has 0 radical (unpaired) electrons. The first kappa shape index (κ1) is 16.0. The summed E-state index contributed by atoms with van der Waals surface area (Å²) < 4.78 is 21.0. The molecule has 0 unspecified atom stereocenters. The quantitative estimate of drug-likeness (QED) is 0.882. The third kappa shape index (κ3) is 3.71. The highest BCUT2D eigenvalue weighted by atomic mass is 16.7. The third-order valence-electron chi connectivity index (χ3n) is 3.71. The van der Waals surface area contributed by atoms with Crippen LogP contribution in [0.15, 0.2) is 36.4 Å². The minimum Gasteiger partial charge on any atom is -0.497 e. The lowest BCUT2D eigenvalue weighted by Crippen LogP contribution is -2.12. The normalized spacial score (nSPS) is 11.9. The maximum Gasteiger partial charge on any atom is 0.231 e. The Balaban J connectivity index is 1.59. The fourth-order valence-electron chi connectivity index (χ4n) is 2.46. The molecule has 0 aromatic heterocycles. The van der Waals surface area contributed by atoms with Crippen molar-refractivity contribution in [1.82, 2.24) is 0 Å². The summed E-state index contributed by atoms with van der Waals surface area (Å²) in [6.07, 6.45) is 0.975. The second-order valence-corrected chi connectivity index (χ2v) is 5.34. The molecule has 6 nitrogen and oxygen atoms in total. The van der Waals surface area contributed by atoms with Crippen molar-refractivity contribution in [2.75, 3.05) is 26.3 Å². The average Bonchev–Trinajstić information content (AvgIpc) is 3.07. The molecule has 2 aromatic rings. The molecule has 2 aromatic carbocycles. The van der Waals surface area contributed by atoms with Crippen molar-refractivity contribution in [2.45, 2.75) is 12.8 Å². The first-order valence-electron chi connectivity index (χ1n) is 7.59. The van der Waals surface area contributed by atoms with Gasteiger partial charge >= 0.3 is 0 Å². The molecule has 0 bridgehead atoms. The predicted molar refractivity (Wildman–Crippen MR) is 89.1 cm³/mol. The number of fused-ring (bicyclic) bond motifs is 1. The molecule has 1 heterocycles. The highest BCUT2D eigenvalue weighted by Gasteiger charge is 2.14. The van der Waals surface area contributed by atoms with Crippen LogP contribution in [0.25, 0.3) is 0 Å². The Morgan fingerprint density at radius 2 is 1.75 bits per heavy atom. The van der Waals surface area contributed by atoms with Gasteiger partial charge in [0.15, 0.2) is 11.5 Å². The zero-order valence-electron chi connectivity index (χ0n) is 13.6. The Hall–Kier alpha value is -2.89. The molecule has 0 aliphatic carbocycles. The number of benzene rings is 2. The van der Waals surface area contributed by atoms with Gasteiger partial charge in [0.05, 0.1) is 14.2 Å². The molecule has 0 atom stereocenters. The van der Waals surface area contributed by atoms with Gasteiger partial charge in [0.2, 0.25) is 12.7 Å². The van der Waals surface area contributed by atoms with Gasteiger partial charge in [-0.15, -0.1) is 0 Å². The van der Waals surface area contributed by atoms with Crippen LogP contribution in [0.4, 0.5) is 5.69 Å². The largest absolute Gasteiger partial charge is 0.497 e. The molecular weight excluding hydrogens is 310 g/mol. The van der Waals surface area contributed by atoms with Gasteiger partial charge in [-0.25, -0.2) is 0 Å².